The summed E-state index contributed by atoms with van der Waals surface area (Å²) in [5.41, 5.74) is 1.24. The van der Waals surface area contributed by atoms with E-state index in [2.05, 4.69) is 19.1 Å². The summed E-state index contributed by atoms with van der Waals surface area (Å²) >= 11 is 0. The van der Waals surface area contributed by atoms with Gasteiger partial charge in [0, 0.05) is 5.92 Å². The lowest BCUT2D eigenvalue weighted by Crippen LogP contribution is -2.40. The van der Waals surface area contributed by atoms with E-state index in [4.69, 9.17) is 9.47 Å². The van der Waals surface area contributed by atoms with E-state index in [1.807, 2.05) is 32.0 Å². The molecule has 1 aromatic rings. The third kappa shape index (κ3) is 2.39. The van der Waals surface area contributed by atoms with Crippen molar-refractivity contribution in [2.75, 3.05) is 6.61 Å². The molecule has 0 spiro atoms. The Labute approximate surface area is 91.2 Å². The van der Waals surface area contributed by atoms with Gasteiger partial charge in [0.05, 0.1) is 12.7 Å². The SMILES string of the molecule is CC1COC(C)(C)OC1c1ccccc1. The maximum atomic E-state index is 5.95. The molecule has 1 aliphatic heterocycles. The summed E-state index contributed by atoms with van der Waals surface area (Å²) in [7, 11) is 0. The average Bonchev–Trinajstić information content (AvgIpc) is 2.23. The zero-order valence-electron chi connectivity index (χ0n) is 9.57. The van der Waals surface area contributed by atoms with Crippen LogP contribution in [0.1, 0.15) is 32.4 Å². The first-order valence-electron chi connectivity index (χ1n) is 5.45. The molecule has 2 nitrogen and oxygen atoms in total. The molecule has 0 aromatic heterocycles. The van der Waals surface area contributed by atoms with Crippen molar-refractivity contribution in [3.8, 4) is 0 Å². The number of rotatable bonds is 1. The molecule has 1 saturated heterocycles. The van der Waals surface area contributed by atoms with Crippen molar-refractivity contribution >= 4 is 0 Å². The second-order valence-corrected chi connectivity index (χ2v) is 4.64. The van der Waals surface area contributed by atoms with Gasteiger partial charge >= 0.3 is 0 Å². The fourth-order valence-corrected chi connectivity index (χ4v) is 1.91. The van der Waals surface area contributed by atoms with Crippen LogP contribution < -0.4 is 0 Å². The van der Waals surface area contributed by atoms with E-state index in [-0.39, 0.29) is 6.10 Å². The Morgan fingerprint density at radius 2 is 1.87 bits per heavy atom. The molecule has 0 amide bonds. The van der Waals surface area contributed by atoms with Gasteiger partial charge in [-0.3, -0.25) is 0 Å². The van der Waals surface area contributed by atoms with Crippen LogP contribution in [0.15, 0.2) is 30.3 Å². The predicted octanol–water partition coefficient (Wildman–Crippen LogP) is 3.15. The minimum absolute atomic E-state index is 0.148. The molecule has 0 aliphatic carbocycles. The second-order valence-electron chi connectivity index (χ2n) is 4.64. The van der Waals surface area contributed by atoms with Crippen molar-refractivity contribution in [3.63, 3.8) is 0 Å². The molecule has 82 valence electrons. The quantitative estimate of drug-likeness (QED) is 0.702. The van der Waals surface area contributed by atoms with Crippen molar-refractivity contribution < 1.29 is 9.47 Å². The smallest absolute Gasteiger partial charge is 0.163 e. The number of hydrogen-bond donors (Lipinski definition) is 0. The van der Waals surface area contributed by atoms with E-state index in [0.717, 1.165) is 6.61 Å². The van der Waals surface area contributed by atoms with E-state index >= 15 is 0 Å². The molecule has 2 atom stereocenters. The fraction of sp³-hybridized carbons (Fsp3) is 0.538. The summed E-state index contributed by atoms with van der Waals surface area (Å²) in [4.78, 5) is 0. The van der Waals surface area contributed by atoms with Crippen LogP contribution in [-0.4, -0.2) is 12.4 Å². The van der Waals surface area contributed by atoms with Crippen LogP contribution in [0.2, 0.25) is 0 Å². The van der Waals surface area contributed by atoms with Gasteiger partial charge in [-0.25, -0.2) is 0 Å². The molecule has 2 unspecified atom stereocenters. The maximum absolute atomic E-state index is 5.95. The minimum Gasteiger partial charge on any atom is -0.350 e. The van der Waals surface area contributed by atoms with Crippen LogP contribution in [0, 0.1) is 5.92 Å². The van der Waals surface area contributed by atoms with Gasteiger partial charge in [0.15, 0.2) is 5.79 Å². The molecule has 0 N–H and O–H groups in total. The minimum atomic E-state index is -0.465. The highest BCUT2D eigenvalue weighted by Crippen LogP contribution is 2.36. The van der Waals surface area contributed by atoms with E-state index in [0.29, 0.717) is 5.92 Å². The van der Waals surface area contributed by atoms with Gasteiger partial charge in [-0.05, 0) is 19.4 Å². The fourth-order valence-electron chi connectivity index (χ4n) is 1.91. The molecule has 0 saturated carbocycles. The van der Waals surface area contributed by atoms with Crippen LogP contribution in [0.25, 0.3) is 0 Å². The summed E-state index contributed by atoms with van der Waals surface area (Å²) in [6.45, 7) is 6.85. The normalized spacial score (nSPS) is 30.1. The molecule has 1 fully saturated rings. The van der Waals surface area contributed by atoms with Gasteiger partial charge in [-0.15, -0.1) is 0 Å². The summed E-state index contributed by atoms with van der Waals surface area (Å²) in [6.07, 6.45) is 0.148. The van der Waals surface area contributed by atoms with Crippen molar-refractivity contribution in [2.24, 2.45) is 5.92 Å². The molecule has 1 aromatic carbocycles. The zero-order valence-corrected chi connectivity index (χ0v) is 9.57. The molecule has 15 heavy (non-hydrogen) atoms. The summed E-state index contributed by atoms with van der Waals surface area (Å²) in [5.74, 6) is -0.0621. The second kappa shape index (κ2) is 3.95. The van der Waals surface area contributed by atoms with Crippen LogP contribution in [0.5, 0.6) is 0 Å². The lowest BCUT2D eigenvalue weighted by molar-refractivity contribution is -0.293. The van der Waals surface area contributed by atoms with Crippen LogP contribution >= 0.6 is 0 Å². The van der Waals surface area contributed by atoms with E-state index in [9.17, 15) is 0 Å². The molecule has 0 radical (unpaired) electrons. The lowest BCUT2D eigenvalue weighted by Gasteiger charge is -2.40. The topological polar surface area (TPSA) is 18.5 Å². The highest BCUT2D eigenvalue weighted by molar-refractivity contribution is 5.18. The third-order valence-corrected chi connectivity index (χ3v) is 2.75. The highest BCUT2D eigenvalue weighted by Gasteiger charge is 2.34. The van der Waals surface area contributed by atoms with Gasteiger partial charge < -0.3 is 9.47 Å². The Morgan fingerprint density at radius 3 is 2.53 bits per heavy atom. The third-order valence-electron chi connectivity index (χ3n) is 2.75. The van der Waals surface area contributed by atoms with Gasteiger partial charge in [0.25, 0.3) is 0 Å². The Kier molecular flexibility index (Phi) is 2.81. The standard InChI is InChI=1S/C13H18O2/c1-10-9-14-13(2,3)15-12(10)11-7-5-4-6-8-11/h4-8,10,12H,9H2,1-3H3. The van der Waals surface area contributed by atoms with Gasteiger partial charge in [-0.2, -0.15) is 0 Å². The first-order valence-corrected chi connectivity index (χ1v) is 5.45. The molecule has 1 aliphatic rings. The average molecular weight is 206 g/mol. The molecular weight excluding hydrogens is 188 g/mol. The molecule has 2 rings (SSSR count). The largest absolute Gasteiger partial charge is 0.350 e. The first kappa shape index (κ1) is 10.7. The van der Waals surface area contributed by atoms with E-state index < -0.39 is 5.79 Å². The zero-order chi connectivity index (χ0) is 10.9. The van der Waals surface area contributed by atoms with Crippen molar-refractivity contribution in [2.45, 2.75) is 32.7 Å². The summed E-state index contributed by atoms with van der Waals surface area (Å²) < 4.78 is 11.6. The number of ether oxygens (including phenoxy) is 2. The maximum Gasteiger partial charge on any atom is 0.163 e. The molecule has 2 heteroatoms. The molecule has 1 heterocycles. The van der Waals surface area contributed by atoms with Crippen LogP contribution in [0.3, 0.4) is 0 Å². The van der Waals surface area contributed by atoms with Crippen molar-refractivity contribution in [1.29, 1.82) is 0 Å². The van der Waals surface area contributed by atoms with E-state index in [1.165, 1.54) is 5.56 Å². The molecular formula is C13H18O2. The number of benzene rings is 1. The Morgan fingerprint density at radius 1 is 1.20 bits per heavy atom. The number of hydrogen-bond acceptors (Lipinski definition) is 2. The van der Waals surface area contributed by atoms with Gasteiger partial charge in [0.2, 0.25) is 0 Å². The summed E-state index contributed by atoms with van der Waals surface area (Å²) in [6, 6.07) is 10.4. The monoisotopic (exact) mass is 206 g/mol. The predicted molar refractivity (Wildman–Crippen MR) is 59.5 cm³/mol. The van der Waals surface area contributed by atoms with Crippen LogP contribution in [-0.2, 0) is 9.47 Å². The summed E-state index contributed by atoms with van der Waals surface area (Å²) in [5, 5.41) is 0. The Hall–Kier alpha value is -0.860. The molecule has 0 bridgehead atoms. The van der Waals surface area contributed by atoms with Crippen LogP contribution in [0.4, 0.5) is 0 Å². The Bertz CT molecular complexity index is 319. The van der Waals surface area contributed by atoms with Crippen molar-refractivity contribution in [1.82, 2.24) is 0 Å². The van der Waals surface area contributed by atoms with Gasteiger partial charge in [-0.1, -0.05) is 37.3 Å². The lowest BCUT2D eigenvalue weighted by atomic mass is 9.96. The van der Waals surface area contributed by atoms with Crippen molar-refractivity contribution in [3.05, 3.63) is 35.9 Å². The van der Waals surface area contributed by atoms with Gasteiger partial charge in [0.1, 0.15) is 0 Å². The Balaban J connectivity index is 2.20. The highest BCUT2D eigenvalue weighted by atomic mass is 16.7. The van der Waals surface area contributed by atoms with E-state index in [1.54, 1.807) is 0 Å². The first-order chi connectivity index (χ1) is 7.08.